The van der Waals surface area contributed by atoms with Crippen molar-refractivity contribution in [2.45, 2.75) is 103 Å². The van der Waals surface area contributed by atoms with Crippen LogP contribution < -0.4 is 11.3 Å². The molecule has 1 aliphatic carbocycles. The molecule has 33 heavy (non-hydrogen) atoms. The molecule has 1 saturated carbocycles. The molecule has 2 heterocycles. The molecule has 8 nitrogen and oxygen atoms in total. The fourth-order valence-corrected chi connectivity index (χ4v) is 6.37. The maximum absolute atomic E-state index is 12.3. The largest absolute Gasteiger partial charge is 0.416 e. The van der Waals surface area contributed by atoms with Gasteiger partial charge in [0.05, 0.1) is 12.4 Å². The van der Waals surface area contributed by atoms with Gasteiger partial charge in [-0.2, -0.15) is 4.98 Å². The molecule has 0 unspecified atom stereocenters. The second-order valence-electron chi connectivity index (χ2n) is 12.6. The lowest BCUT2D eigenvalue weighted by Crippen LogP contribution is -2.46. The number of hydrogen-bond acceptors (Lipinski definition) is 6. The molecule has 0 saturated heterocycles. The van der Waals surface area contributed by atoms with Crippen LogP contribution in [0.1, 0.15) is 60.4 Å². The average molecular weight is 494 g/mol. The molecule has 0 radical (unpaired) electrons. The Morgan fingerprint density at radius 3 is 2.27 bits per heavy atom. The van der Waals surface area contributed by atoms with E-state index >= 15 is 0 Å². The van der Waals surface area contributed by atoms with Crippen LogP contribution in [0.2, 0.25) is 36.3 Å². The summed E-state index contributed by atoms with van der Waals surface area (Å²) >= 11 is 0. The number of aromatic nitrogens is 4. The molecule has 186 valence electrons. The smallest absolute Gasteiger partial charge is 0.280 e. The molecular formula is C23H43N5O3Si2. The van der Waals surface area contributed by atoms with Gasteiger partial charge in [-0.25, -0.2) is 4.98 Å². The van der Waals surface area contributed by atoms with Gasteiger partial charge in [-0.05, 0) is 49.1 Å². The SMILES string of the molecule is CC(C)(C)[Si](C)(C)OC[C@H]1C[C@@H](n2cnc3c(=O)[nH]c(N)nc32)C[C@@H]1O[Si](C)(C)C(C)(C)C. The number of imidazole rings is 1. The van der Waals surface area contributed by atoms with Crippen molar-refractivity contribution >= 4 is 33.7 Å². The molecule has 10 heteroatoms. The van der Waals surface area contributed by atoms with E-state index in [2.05, 4.69) is 82.7 Å². The van der Waals surface area contributed by atoms with E-state index in [4.69, 9.17) is 14.6 Å². The first-order valence-electron chi connectivity index (χ1n) is 12.0. The molecule has 2 aromatic heterocycles. The highest BCUT2D eigenvalue weighted by Gasteiger charge is 2.46. The third kappa shape index (κ3) is 5.28. The lowest BCUT2D eigenvalue weighted by Gasteiger charge is -2.41. The van der Waals surface area contributed by atoms with Crippen molar-refractivity contribution in [1.82, 2.24) is 19.5 Å². The zero-order valence-electron chi connectivity index (χ0n) is 22.1. The van der Waals surface area contributed by atoms with Crippen LogP contribution in [0.4, 0.5) is 5.95 Å². The Hall–Kier alpha value is -1.50. The number of nitrogen functional groups attached to an aromatic ring is 1. The summed E-state index contributed by atoms with van der Waals surface area (Å²) in [5.41, 5.74) is 6.39. The van der Waals surface area contributed by atoms with E-state index in [0.29, 0.717) is 17.8 Å². The summed E-state index contributed by atoms with van der Waals surface area (Å²) in [6.07, 6.45) is 3.56. The van der Waals surface area contributed by atoms with Crippen molar-refractivity contribution in [3.63, 3.8) is 0 Å². The number of nitrogens with one attached hydrogen (secondary N) is 1. The van der Waals surface area contributed by atoms with Crippen molar-refractivity contribution in [1.29, 1.82) is 0 Å². The number of rotatable bonds is 6. The van der Waals surface area contributed by atoms with Gasteiger partial charge in [-0.15, -0.1) is 0 Å². The van der Waals surface area contributed by atoms with Crippen molar-refractivity contribution in [2.75, 3.05) is 12.3 Å². The highest BCUT2D eigenvalue weighted by molar-refractivity contribution is 6.74. The number of nitrogens with two attached hydrogens (primary N) is 1. The number of nitrogens with zero attached hydrogens (tertiary/aromatic N) is 3. The lowest BCUT2D eigenvalue weighted by molar-refractivity contribution is 0.101. The van der Waals surface area contributed by atoms with Gasteiger partial charge in [0.15, 0.2) is 27.8 Å². The Morgan fingerprint density at radius 2 is 1.70 bits per heavy atom. The highest BCUT2D eigenvalue weighted by Crippen LogP contribution is 2.45. The van der Waals surface area contributed by atoms with Gasteiger partial charge in [0, 0.05) is 18.6 Å². The molecule has 3 N–H and O–H groups in total. The lowest BCUT2D eigenvalue weighted by atomic mass is 10.1. The first-order valence-corrected chi connectivity index (χ1v) is 17.8. The minimum Gasteiger partial charge on any atom is -0.416 e. The van der Waals surface area contributed by atoms with Crippen LogP contribution in [0, 0.1) is 5.92 Å². The molecule has 3 rings (SSSR count). The van der Waals surface area contributed by atoms with Crippen LogP contribution in [0.3, 0.4) is 0 Å². The van der Waals surface area contributed by atoms with Crippen LogP contribution >= 0.6 is 0 Å². The van der Waals surface area contributed by atoms with Crippen LogP contribution in [0.5, 0.6) is 0 Å². The molecule has 1 aliphatic rings. The van der Waals surface area contributed by atoms with Crippen LogP contribution in [-0.2, 0) is 8.85 Å². The van der Waals surface area contributed by atoms with Gasteiger partial charge in [-0.1, -0.05) is 41.5 Å². The average Bonchev–Trinajstić information content (AvgIpc) is 3.21. The predicted molar refractivity (Wildman–Crippen MR) is 140 cm³/mol. The molecular weight excluding hydrogens is 450 g/mol. The summed E-state index contributed by atoms with van der Waals surface area (Å²) in [5, 5.41) is 0.282. The van der Waals surface area contributed by atoms with Gasteiger partial charge >= 0.3 is 0 Å². The fourth-order valence-electron chi connectivity index (χ4n) is 3.90. The van der Waals surface area contributed by atoms with Gasteiger partial charge in [0.2, 0.25) is 5.95 Å². The summed E-state index contributed by atoms with van der Waals surface area (Å²) in [7, 11) is -3.85. The maximum atomic E-state index is 12.3. The van der Waals surface area contributed by atoms with Crippen LogP contribution in [0.25, 0.3) is 11.2 Å². The molecule has 1 fully saturated rings. The van der Waals surface area contributed by atoms with Gasteiger partial charge in [-0.3, -0.25) is 9.78 Å². The first kappa shape index (κ1) is 26.1. The Morgan fingerprint density at radius 1 is 1.09 bits per heavy atom. The first-order chi connectivity index (χ1) is 14.9. The highest BCUT2D eigenvalue weighted by atomic mass is 28.4. The summed E-state index contributed by atoms with van der Waals surface area (Å²) in [5.74, 6) is 0.383. The van der Waals surface area contributed by atoms with E-state index in [0.717, 1.165) is 12.8 Å². The van der Waals surface area contributed by atoms with Crippen LogP contribution in [-0.4, -0.2) is 48.9 Å². The zero-order valence-corrected chi connectivity index (χ0v) is 24.1. The molecule has 2 aromatic rings. The second-order valence-corrected chi connectivity index (χ2v) is 22.2. The third-order valence-electron chi connectivity index (χ3n) is 8.17. The number of hydrogen-bond donors (Lipinski definition) is 2. The van der Waals surface area contributed by atoms with Gasteiger partial charge in [0.25, 0.3) is 5.56 Å². The molecule has 0 spiro atoms. The Labute approximate surface area is 199 Å². The minimum absolute atomic E-state index is 0.0949. The number of anilines is 1. The quantitative estimate of drug-likeness (QED) is 0.544. The monoisotopic (exact) mass is 493 g/mol. The molecule has 0 amide bonds. The van der Waals surface area contributed by atoms with E-state index < -0.39 is 16.6 Å². The number of aromatic amines is 1. The summed E-state index contributed by atoms with van der Waals surface area (Å²) in [6.45, 7) is 23.5. The second kappa shape index (κ2) is 8.62. The number of H-pyrrole nitrogens is 1. The molecule has 3 atom stereocenters. The topological polar surface area (TPSA) is 108 Å². The van der Waals surface area contributed by atoms with E-state index in [1.54, 1.807) is 6.33 Å². The van der Waals surface area contributed by atoms with E-state index in [1.807, 2.05) is 4.57 Å². The van der Waals surface area contributed by atoms with Crippen molar-refractivity contribution in [3.8, 4) is 0 Å². The standard InChI is InChI=1S/C23H43N5O3Si2/c1-22(2,3)32(7,8)30-13-15-11-16(12-17(15)31-33(9,10)23(4,5)6)28-14-25-18-19(28)26-21(24)27-20(18)29/h14-17H,11-13H2,1-10H3,(H3,24,26,27,29)/t15-,16-,17+/m1/s1. The Kier molecular flexibility index (Phi) is 6.82. The van der Waals surface area contributed by atoms with Gasteiger partial charge in [0.1, 0.15) is 0 Å². The molecule has 0 bridgehead atoms. The zero-order chi connectivity index (χ0) is 25.0. The van der Waals surface area contributed by atoms with Crippen LogP contribution in [0.15, 0.2) is 11.1 Å². The van der Waals surface area contributed by atoms with E-state index in [9.17, 15) is 4.79 Å². The molecule has 0 aromatic carbocycles. The fraction of sp³-hybridized carbons (Fsp3) is 0.783. The predicted octanol–water partition coefficient (Wildman–Crippen LogP) is 5.07. The Bertz CT molecular complexity index is 1050. The molecule has 0 aliphatic heterocycles. The summed E-state index contributed by atoms with van der Waals surface area (Å²) < 4.78 is 15.6. The van der Waals surface area contributed by atoms with Crippen molar-refractivity contribution < 1.29 is 8.85 Å². The van der Waals surface area contributed by atoms with Gasteiger partial charge < -0.3 is 19.2 Å². The van der Waals surface area contributed by atoms with Crippen molar-refractivity contribution in [2.24, 2.45) is 5.92 Å². The third-order valence-corrected chi connectivity index (χ3v) is 17.2. The van der Waals surface area contributed by atoms with E-state index in [-0.39, 0.29) is 39.6 Å². The Balaban J connectivity index is 1.91. The summed E-state index contributed by atoms with van der Waals surface area (Å²) in [6, 6.07) is 0.131. The van der Waals surface area contributed by atoms with Crippen molar-refractivity contribution in [3.05, 3.63) is 16.7 Å². The minimum atomic E-state index is -1.97. The maximum Gasteiger partial charge on any atom is 0.280 e. The summed E-state index contributed by atoms with van der Waals surface area (Å²) in [4.78, 5) is 23.5. The van der Waals surface area contributed by atoms with E-state index in [1.165, 1.54) is 0 Å². The number of fused-ring (bicyclic) bond motifs is 1. The normalized spacial score (nSPS) is 22.9.